The first-order chi connectivity index (χ1) is 10.7. The molecule has 2 nitrogen and oxygen atoms in total. The molecule has 0 heterocycles. The van der Waals surface area contributed by atoms with Crippen molar-refractivity contribution in [2.75, 3.05) is 6.54 Å². The zero-order valence-corrected chi connectivity index (χ0v) is 12.6. The van der Waals surface area contributed by atoms with Crippen molar-refractivity contribution in [1.82, 2.24) is 5.32 Å². The van der Waals surface area contributed by atoms with Crippen LogP contribution in [0.1, 0.15) is 12.5 Å². The molecular formula is C20H19NO. The van der Waals surface area contributed by atoms with Crippen molar-refractivity contribution in [3.63, 3.8) is 0 Å². The van der Waals surface area contributed by atoms with Gasteiger partial charge in [-0.05, 0) is 44.8 Å². The van der Waals surface area contributed by atoms with Gasteiger partial charge in [-0.2, -0.15) is 0 Å². The summed E-state index contributed by atoms with van der Waals surface area (Å²) in [7, 11) is 0. The highest BCUT2D eigenvalue weighted by Crippen LogP contribution is 2.35. The van der Waals surface area contributed by atoms with Gasteiger partial charge in [0.25, 0.3) is 0 Å². The zero-order valence-electron chi connectivity index (χ0n) is 12.6. The third kappa shape index (κ3) is 2.12. The second-order valence-electron chi connectivity index (χ2n) is 6.06. The molecule has 0 saturated carbocycles. The third-order valence-corrected chi connectivity index (χ3v) is 4.37. The Kier molecular flexibility index (Phi) is 3.21. The van der Waals surface area contributed by atoms with Crippen LogP contribution in [0, 0.1) is 0 Å². The molecule has 0 unspecified atom stereocenters. The van der Waals surface area contributed by atoms with Crippen LogP contribution in [0.4, 0.5) is 0 Å². The first-order valence-electron chi connectivity index (χ1n) is 7.78. The summed E-state index contributed by atoms with van der Waals surface area (Å²) in [6.07, 6.45) is -0.320. The van der Waals surface area contributed by atoms with Crippen molar-refractivity contribution in [2.24, 2.45) is 0 Å². The fourth-order valence-corrected chi connectivity index (χ4v) is 3.37. The van der Waals surface area contributed by atoms with E-state index < -0.39 is 0 Å². The van der Waals surface area contributed by atoms with E-state index in [1.54, 1.807) is 6.92 Å². The maximum Gasteiger partial charge on any atom is 0.0636 e. The minimum atomic E-state index is -0.320. The van der Waals surface area contributed by atoms with E-state index in [1.165, 1.54) is 37.9 Å². The van der Waals surface area contributed by atoms with Gasteiger partial charge in [0, 0.05) is 13.1 Å². The monoisotopic (exact) mass is 289 g/mol. The standard InChI is InChI=1S/C20H19NO/c1-13(22)11-21-12-17-8-7-16-6-5-14-3-2-4-15-9-10-18(17)20(16)19(14)15/h2-10,13,21-22H,11-12H2,1H3/t13-/m1/s1. The lowest BCUT2D eigenvalue weighted by Gasteiger charge is -2.14. The highest BCUT2D eigenvalue weighted by atomic mass is 16.3. The van der Waals surface area contributed by atoms with Gasteiger partial charge < -0.3 is 10.4 Å². The Balaban J connectivity index is 1.92. The minimum Gasteiger partial charge on any atom is -0.392 e. The molecule has 2 heteroatoms. The van der Waals surface area contributed by atoms with E-state index >= 15 is 0 Å². The Morgan fingerprint density at radius 2 is 1.50 bits per heavy atom. The van der Waals surface area contributed by atoms with Crippen LogP contribution in [0.5, 0.6) is 0 Å². The maximum absolute atomic E-state index is 9.40. The van der Waals surface area contributed by atoms with Gasteiger partial charge in [0.05, 0.1) is 6.10 Å². The van der Waals surface area contributed by atoms with Crippen LogP contribution in [-0.2, 0) is 6.54 Å². The predicted molar refractivity (Wildman–Crippen MR) is 93.5 cm³/mol. The molecule has 110 valence electrons. The number of rotatable bonds is 4. The van der Waals surface area contributed by atoms with Crippen molar-refractivity contribution < 1.29 is 5.11 Å². The quantitative estimate of drug-likeness (QED) is 0.555. The number of benzene rings is 4. The molecule has 0 bridgehead atoms. The van der Waals surface area contributed by atoms with Gasteiger partial charge >= 0.3 is 0 Å². The maximum atomic E-state index is 9.40. The second-order valence-corrected chi connectivity index (χ2v) is 6.06. The van der Waals surface area contributed by atoms with Crippen LogP contribution in [0.15, 0.2) is 54.6 Å². The largest absolute Gasteiger partial charge is 0.392 e. The van der Waals surface area contributed by atoms with Gasteiger partial charge in [0.15, 0.2) is 0 Å². The average Bonchev–Trinajstić information content (AvgIpc) is 2.53. The molecule has 22 heavy (non-hydrogen) atoms. The van der Waals surface area contributed by atoms with E-state index in [1.807, 2.05) is 0 Å². The molecule has 4 aromatic rings. The number of nitrogens with one attached hydrogen (secondary N) is 1. The molecule has 0 aliphatic rings. The lowest BCUT2D eigenvalue weighted by atomic mass is 9.92. The molecule has 0 fully saturated rings. The van der Waals surface area contributed by atoms with Crippen molar-refractivity contribution in [1.29, 1.82) is 0 Å². The van der Waals surface area contributed by atoms with Crippen LogP contribution in [0.2, 0.25) is 0 Å². The number of hydrogen-bond donors (Lipinski definition) is 2. The highest BCUT2D eigenvalue weighted by Gasteiger charge is 2.10. The molecule has 0 aromatic heterocycles. The summed E-state index contributed by atoms with van der Waals surface area (Å²) in [5, 5.41) is 20.6. The Morgan fingerprint density at radius 3 is 2.23 bits per heavy atom. The summed E-state index contributed by atoms with van der Waals surface area (Å²) >= 11 is 0. The van der Waals surface area contributed by atoms with Gasteiger partial charge in [0.2, 0.25) is 0 Å². The van der Waals surface area contributed by atoms with Crippen molar-refractivity contribution in [3.8, 4) is 0 Å². The van der Waals surface area contributed by atoms with E-state index in [-0.39, 0.29) is 6.10 Å². The molecule has 1 atom stereocenters. The topological polar surface area (TPSA) is 32.3 Å². The SMILES string of the molecule is C[C@@H](O)CNCc1ccc2ccc3cccc4ccc1c2c34. The summed E-state index contributed by atoms with van der Waals surface area (Å²) in [6, 6.07) is 19.7. The Hall–Kier alpha value is -2.16. The van der Waals surface area contributed by atoms with Crippen molar-refractivity contribution in [3.05, 3.63) is 60.2 Å². The normalized spacial score (nSPS) is 13.4. The zero-order chi connectivity index (χ0) is 15.1. The van der Waals surface area contributed by atoms with Crippen molar-refractivity contribution in [2.45, 2.75) is 19.6 Å². The number of aliphatic hydroxyl groups excluding tert-OH is 1. The second kappa shape index (κ2) is 5.24. The van der Waals surface area contributed by atoms with Gasteiger partial charge in [-0.3, -0.25) is 0 Å². The molecule has 0 aliphatic heterocycles. The molecule has 0 saturated heterocycles. The summed E-state index contributed by atoms with van der Waals surface area (Å²) in [5.74, 6) is 0. The summed E-state index contributed by atoms with van der Waals surface area (Å²) in [5.41, 5.74) is 1.28. The van der Waals surface area contributed by atoms with Gasteiger partial charge in [-0.25, -0.2) is 0 Å². The third-order valence-electron chi connectivity index (χ3n) is 4.37. The smallest absolute Gasteiger partial charge is 0.0636 e. The van der Waals surface area contributed by atoms with E-state index in [9.17, 15) is 5.11 Å². The minimum absolute atomic E-state index is 0.320. The Bertz CT molecular complexity index is 926. The highest BCUT2D eigenvalue weighted by molar-refractivity contribution is 6.23. The lowest BCUT2D eigenvalue weighted by molar-refractivity contribution is 0.191. The molecule has 0 aliphatic carbocycles. The van der Waals surface area contributed by atoms with E-state index in [0.717, 1.165) is 6.54 Å². The van der Waals surface area contributed by atoms with E-state index in [2.05, 4.69) is 59.9 Å². The predicted octanol–water partition coefficient (Wildman–Crippen LogP) is 4.05. The number of hydrogen-bond acceptors (Lipinski definition) is 2. The van der Waals surface area contributed by atoms with Gasteiger partial charge in [-0.1, -0.05) is 54.6 Å². The van der Waals surface area contributed by atoms with Gasteiger partial charge in [-0.15, -0.1) is 0 Å². The molecular weight excluding hydrogens is 270 g/mol. The average molecular weight is 289 g/mol. The van der Waals surface area contributed by atoms with Crippen LogP contribution in [0.3, 0.4) is 0 Å². The van der Waals surface area contributed by atoms with E-state index in [4.69, 9.17) is 0 Å². The summed E-state index contributed by atoms with van der Waals surface area (Å²) in [4.78, 5) is 0. The van der Waals surface area contributed by atoms with Crippen LogP contribution in [-0.4, -0.2) is 17.8 Å². The number of aliphatic hydroxyl groups is 1. The van der Waals surface area contributed by atoms with Gasteiger partial charge in [0.1, 0.15) is 0 Å². The Labute approximate surface area is 129 Å². The first-order valence-corrected chi connectivity index (χ1v) is 7.78. The van der Waals surface area contributed by atoms with E-state index in [0.29, 0.717) is 6.54 Å². The summed E-state index contributed by atoms with van der Waals surface area (Å²) < 4.78 is 0. The lowest BCUT2D eigenvalue weighted by Crippen LogP contribution is -2.23. The molecule has 2 N–H and O–H groups in total. The first kappa shape index (κ1) is 13.5. The fraction of sp³-hybridized carbons (Fsp3) is 0.200. The van der Waals surface area contributed by atoms with Crippen molar-refractivity contribution >= 4 is 32.3 Å². The van der Waals surface area contributed by atoms with Crippen LogP contribution < -0.4 is 5.32 Å². The molecule has 0 spiro atoms. The summed E-state index contributed by atoms with van der Waals surface area (Å²) in [6.45, 7) is 3.19. The molecule has 4 aromatic carbocycles. The molecule has 0 amide bonds. The van der Waals surface area contributed by atoms with Crippen LogP contribution >= 0.6 is 0 Å². The Morgan fingerprint density at radius 1 is 0.864 bits per heavy atom. The molecule has 4 rings (SSSR count). The fourth-order valence-electron chi connectivity index (χ4n) is 3.37. The molecule has 0 radical (unpaired) electrons. The van der Waals surface area contributed by atoms with Crippen LogP contribution in [0.25, 0.3) is 32.3 Å².